The maximum Gasteiger partial charge on any atom is 0.224 e. The van der Waals surface area contributed by atoms with Gasteiger partial charge >= 0.3 is 0 Å². The summed E-state index contributed by atoms with van der Waals surface area (Å²) in [5, 5.41) is 6.13. The predicted molar refractivity (Wildman–Crippen MR) is 121 cm³/mol. The van der Waals surface area contributed by atoms with Gasteiger partial charge in [-0.3, -0.25) is 14.5 Å². The van der Waals surface area contributed by atoms with Crippen molar-refractivity contribution in [3.63, 3.8) is 0 Å². The van der Waals surface area contributed by atoms with Crippen molar-refractivity contribution in [3.8, 4) is 11.3 Å². The molecule has 0 saturated carbocycles. The zero-order valence-corrected chi connectivity index (χ0v) is 18.6. The summed E-state index contributed by atoms with van der Waals surface area (Å²) < 4.78 is 5.38. The number of rotatable bonds is 8. The van der Waals surface area contributed by atoms with Gasteiger partial charge < -0.3 is 15.0 Å². The minimum atomic E-state index is -0.126. The van der Waals surface area contributed by atoms with Gasteiger partial charge in [-0.25, -0.2) is 4.98 Å². The second kappa shape index (κ2) is 10.8. The molecular formula is C23H30N4O3S. The van der Waals surface area contributed by atoms with Crippen molar-refractivity contribution >= 4 is 23.2 Å². The average Bonchev–Trinajstić information content (AvgIpc) is 3.29. The fraction of sp³-hybridized carbons (Fsp3) is 0.522. The Morgan fingerprint density at radius 2 is 2.00 bits per heavy atom. The lowest BCUT2D eigenvalue weighted by molar-refractivity contribution is -0.138. The molecule has 2 aliphatic heterocycles. The van der Waals surface area contributed by atoms with Gasteiger partial charge in [-0.15, -0.1) is 11.3 Å². The summed E-state index contributed by atoms with van der Waals surface area (Å²) in [6, 6.07) is 10.1. The van der Waals surface area contributed by atoms with Gasteiger partial charge in [-0.05, 0) is 6.42 Å². The number of thiazole rings is 1. The lowest BCUT2D eigenvalue weighted by atomic mass is 9.96. The van der Waals surface area contributed by atoms with Crippen LogP contribution in [0.1, 0.15) is 17.8 Å². The number of hydrogen-bond donors (Lipinski definition) is 1. The average molecular weight is 443 g/mol. The first-order valence-electron chi connectivity index (χ1n) is 11.0. The fourth-order valence-electron chi connectivity index (χ4n) is 4.04. The molecule has 3 heterocycles. The summed E-state index contributed by atoms with van der Waals surface area (Å²) in [6.45, 7) is 5.95. The molecule has 2 saturated heterocycles. The molecule has 2 aliphatic rings. The van der Waals surface area contributed by atoms with Crippen LogP contribution in [-0.2, 0) is 20.7 Å². The van der Waals surface area contributed by atoms with Crippen molar-refractivity contribution in [2.24, 2.45) is 5.92 Å². The van der Waals surface area contributed by atoms with Crippen LogP contribution in [0.3, 0.4) is 0 Å². The summed E-state index contributed by atoms with van der Waals surface area (Å²) in [4.78, 5) is 33.8. The minimum Gasteiger partial charge on any atom is -0.379 e. The van der Waals surface area contributed by atoms with Crippen LogP contribution in [0.25, 0.3) is 11.3 Å². The topological polar surface area (TPSA) is 74.8 Å². The van der Waals surface area contributed by atoms with Crippen LogP contribution in [0.15, 0.2) is 35.7 Å². The molecule has 1 aromatic carbocycles. The third-order valence-electron chi connectivity index (χ3n) is 5.92. The number of nitrogens with zero attached hydrogens (tertiary/aromatic N) is 3. The maximum absolute atomic E-state index is 12.7. The largest absolute Gasteiger partial charge is 0.379 e. The number of benzene rings is 1. The van der Waals surface area contributed by atoms with Crippen LogP contribution >= 0.6 is 11.3 Å². The van der Waals surface area contributed by atoms with E-state index in [1.54, 1.807) is 11.3 Å². The van der Waals surface area contributed by atoms with E-state index in [2.05, 4.69) is 32.7 Å². The Balaban J connectivity index is 1.21. The standard InChI is InChI=1S/C23H30N4O3S/c28-22-7-6-19(16-27(22)11-10-26-12-14-30-15-13-26)23(29)24-9-8-21-25-20(17-31-21)18-4-2-1-3-5-18/h1-5,17,19H,6-16H2,(H,24,29). The molecule has 2 amide bonds. The van der Waals surface area contributed by atoms with E-state index in [1.165, 1.54) is 0 Å². The van der Waals surface area contributed by atoms with E-state index in [-0.39, 0.29) is 17.7 Å². The molecule has 31 heavy (non-hydrogen) atoms. The Kier molecular flexibility index (Phi) is 7.66. The molecular weight excluding hydrogens is 412 g/mol. The van der Waals surface area contributed by atoms with Crippen LogP contribution < -0.4 is 5.32 Å². The molecule has 0 spiro atoms. The summed E-state index contributed by atoms with van der Waals surface area (Å²) in [5.41, 5.74) is 2.09. The molecule has 4 rings (SSSR count). The molecule has 7 nitrogen and oxygen atoms in total. The smallest absolute Gasteiger partial charge is 0.224 e. The number of nitrogens with one attached hydrogen (secondary N) is 1. The molecule has 0 bridgehead atoms. The van der Waals surface area contributed by atoms with Crippen molar-refractivity contribution in [3.05, 3.63) is 40.7 Å². The number of aromatic nitrogens is 1. The number of amides is 2. The Hall–Kier alpha value is -2.29. The molecule has 2 fully saturated rings. The molecule has 8 heteroatoms. The van der Waals surface area contributed by atoms with E-state index in [9.17, 15) is 9.59 Å². The quantitative estimate of drug-likeness (QED) is 0.677. The Morgan fingerprint density at radius 1 is 1.19 bits per heavy atom. The van der Waals surface area contributed by atoms with Crippen LogP contribution in [0, 0.1) is 5.92 Å². The van der Waals surface area contributed by atoms with Gasteiger partial charge in [0.1, 0.15) is 0 Å². The van der Waals surface area contributed by atoms with E-state index < -0.39 is 0 Å². The normalized spacial score (nSPS) is 20.1. The highest BCUT2D eigenvalue weighted by Crippen LogP contribution is 2.22. The minimum absolute atomic E-state index is 0.0451. The number of hydrogen-bond acceptors (Lipinski definition) is 6. The van der Waals surface area contributed by atoms with Crippen molar-refractivity contribution in [2.45, 2.75) is 19.3 Å². The highest BCUT2D eigenvalue weighted by Gasteiger charge is 2.30. The first-order chi connectivity index (χ1) is 15.2. The number of piperidine rings is 1. The second-order valence-electron chi connectivity index (χ2n) is 8.06. The number of ether oxygens (including phenoxy) is 1. The lowest BCUT2D eigenvalue weighted by Gasteiger charge is -2.34. The second-order valence-corrected chi connectivity index (χ2v) is 9.01. The molecule has 1 unspecified atom stereocenters. The SMILES string of the molecule is O=C(NCCc1nc(-c2ccccc2)cs1)C1CCC(=O)N(CCN2CCOCC2)C1. The molecule has 1 aromatic heterocycles. The summed E-state index contributed by atoms with van der Waals surface area (Å²) in [5.74, 6) is 0.0795. The van der Waals surface area contributed by atoms with Crippen molar-refractivity contribution < 1.29 is 14.3 Å². The number of likely N-dealkylation sites (tertiary alicyclic amines) is 1. The molecule has 2 aromatic rings. The Bertz CT molecular complexity index is 867. The number of carbonyl (C=O) groups excluding carboxylic acids is 2. The van der Waals surface area contributed by atoms with Crippen molar-refractivity contribution in [2.75, 3.05) is 52.5 Å². The molecule has 166 valence electrons. The van der Waals surface area contributed by atoms with Gasteiger partial charge in [0.25, 0.3) is 0 Å². The third kappa shape index (κ3) is 6.12. The first-order valence-corrected chi connectivity index (χ1v) is 11.9. The van der Waals surface area contributed by atoms with E-state index in [4.69, 9.17) is 4.74 Å². The van der Waals surface area contributed by atoms with Gasteiger partial charge in [0, 0.05) is 63.1 Å². The van der Waals surface area contributed by atoms with Crippen LogP contribution in [0.2, 0.25) is 0 Å². The number of carbonyl (C=O) groups is 2. The summed E-state index contributed by atoms with van der Waals surface area (Å²) >= 11 is 1.62. The van der Waals surface area contributed by atoms with E-state index in [1.807, 2.05) is 23.1 Å². The molecule has 1 atom stereocenters. The fourth-order valence-corrected chi connectivity index (χ4v) is 4.84. The monoisotopic (exact) mass is 442 g/mol. The van der Waals surface area contributed by atoms with Gasteiger partial charge in [0.05, 0.1) is 29.8 Å². The zero-order valence-electron chi connectivity index (χ0n) is 17.8. The lowest BCUT2D eigenvalue weighted by Crippen LogP contribution is -2.49. The maximum atomic E-state index is 12.7. The first kappa shape index (κ1) is 21.9. The van der Waals surface area contributed by atoms with Gasteiger partial charge in [0.15, 0.2) is 0 Å². The Morgan fingerprint density at radius 3 is 2.81 bits per heavy atom. The third-order valence-corrected chi connectivity index (χ3v) is 6.83. The summed E-state index contributed by atoms with van der Waals surface area (Å²) in [7, 11) is 0. The van der Waals surface area contributed by atoms with Gasteiger partial charge in [-0.1, -0.05) is 30.3 Å². The predicted octanol–water partition coefficient (Wildman–Crippen LogP) is 2.04. The molecule has 1 N–H and O–H groups in total. The van der Waals surface area contributed by atoms with Crippen molar-refractivity contribution in [1.82, 2.24) is 20.1 Å². The van der Waals surface area contributed by atoms with Crippen LogP contribution in [0.4, 0.5) is 0 Å². The van der Waals surface area contributed by atoms with E-state index in [0.717, 1.165) is 55.5 Å². The molecule has 0 aliphatic carbocycles. The highest BCUT2D eigenvalue weighted by molar-refractivity contribution is 7.09. The molecule has 0 radical (unpaired) electrons. The highest BCUT2D eigenvalue weighted by atomic mass is 32.1. The van der Waals surface area contributed by atoms with Gasteiger partial charge in [-0.2, -0.15) is 0 Å². The van der Waals surface area contributed by atoms with Crippen molar-refractivity contribution in [1.29, 1.82) is 0 Å². The van der Waals surface area contributed by atoms with E-state index >= 15 is 0 Å². The number of morpholine rings is 1. The van der Waals surface area contributed by atoms with E-state index in [0.29, 0.717) is 32.5 Å². The zero-order chi connectivity index (χ0) is 21.5. The van der Waals surface area contributed by atoms with Gasteiger partial charge in [0.2, 0.25) is 11.8 Å². The van der Waals surface area contributed by atoms with Crippen LogP contribution in [0.5, 0.6) is 0 Å². The van der Waals surface area contributed by atoms with Crippen LogP contribution in [-0.4, -0.2) is 79.1 Å². The summed E-state index contributed by atoms with van der Waals surface area (Å²) in [6.07, 6.45) is 1.80. The Labute approximate surface area is 187 Å².